The van der Waals surface area contributed by atoms with E-state index in [2.05, 4.69) is 0 Å². The van der Waals surface area contributed by atoms with Crippen molar-refractivity contribution >= 4 is 11.7 Å². The van der Waals surface area contributed by atoms with Crippen LogP contribution in [0.25, 0.3) is 0 Å². The number of benzene rings is 1. The van der Waals surface area contributed by atoms with Crippen molar-refractivity contribution in [3.8, 4) is 0 Å². The molecule has 0 radical (unpaired) electrons. The van der Waals surface area contributed by atoms with Gasteiger partial charge >= 0.3 is 0 Å². The normalized spacial score (nSPS) is 10.0. The molecular formula is C12H15NO2. The largest absolute Gasteiger partial charge is 0.366 e. The van der Waals surface area contributed by atoms with Gasteiger partial charge in [0.15, 0.2) is 0 Å². The number of ketones is 1. The highest BCUT2D eigenvalue weighted by Crippen LogP contribution is 2.12. The standard InChI is InChI=1S/C12H15NO2/c1-8-7-10(4-3-9(2)14)5-6-11(8)12(13)15/h5-7H,3-4H2,1-2H3,(H2,13,15). The van der Waals surface area contributed by atoms with Crippen LogP contribution in [0.5, 0.6) is 0 Å². The van der Waals surface area contributed by atoms with Crippen molar-refractivity contribution in [2.45, 2.75) is 26.7 Å². The molecule has 3 nitrogen and oxygen atoms in total. The van der Waals surface area contributed by atoms with Crippen LogP contribution >= 0.6 is 0 Å². The van der Waals surface area contributed by atoms with Crippen LogP contribution in [0, 0.1) is 6.92 Å². The summed E-state index contributed by atoms with van der Waals surface area (Å²) >= 11 is 0. The van der Waals surface area contributed by atoms with Crippen LogP contribution in [-0.2, 0) is 11.2 Å². The molecule has 15 heavy (non-hydrogen) atoms. The molecule has 0 atom stereocenters. The average molecular weight is 205 g/mol. The molecule has 0 fully saturated rings. The van der Waals surface area contributed by atoms with E-state index in [9.17, 15) is 9.59 Å². The van der Waals surface area contributed by atoms with Gasteiger partial charge in [-0.15, -0.1) is 0 Å². The van der Waals surface area contributed by atoms with Crippen LogP contribution < -0.4 is 5.73 Å². The highest BCUT2D eigenvalue weighted by Gasteiger charge is 2.05. The lowest BCUT2D eigenvalue weighted by Crippen LogP contribution is -2.12. The van der Waals surface area contributed by atoms with E-state index in [1.54, 1.807) is 13.0 Å². The predicted molar refractivity (Wildman–Crippen MR) is 58.7 cm³/mol. The average Bonchev–Trinajstić information content (AvgIpc) is 2.14. The van der Waals surface area contributed by atoms with Gasteiger partial charge in [-0.3, -0.25) is 4.79 Å². The first-order chi connectivity index (χ1) is 7.00. The number of rotatable bonds is 4. The third-order valence-corrected chi connectivity index (χ3v) is 2.32. The van der Waals surface area contributed by atoms with Gasteiger partial charge in [0, 0.05) is 12.0 Å². The summed E-state index contributed by atoms with van der Waals surface area (Å²) < 4.78 is 0. The maximum atomic E-state index is 11.0. The Morgan fingerprint density at radius 3 is 2.47 bits per heavy atom. The summed E-state index contributed by atoms with van der Waals surface area (Å²) in [4.78, 5) is 21.8. The highest BCUT2D eigenvalue weighted by molar-refractivity contribution is 5.94. The molecule has 3 heteroatoms. The van der Waals surface area contributed by atoms with Crippen molar-refractivity contribution in [3.63, 3.8) is 0 Å². The maximum Gasteiger partial charge on any atom is 0.248 e. The van der Waals surface area contributed by atoms with E-state index in [-0.39, 0.29) is 5.78 Å². The lowest BCUT2D eigenvalue weighted by molar-refractivity contribution is -0.116. The molecule has 0 saturated carbocycles. The zero-order valence-electron chi connectivity index (χ0n) is 9.04. The number of hydrogen-bond acceptors (Lipinski definition) is 2. The molecule has 0 aliphatic rings. The zero-order valence-corrected chi connectivity index (χ0v) is 9.04. The molecule has 0 bridgehead atoms. The quantitative estimate of drug-likeness (QED) is 0.811. The van der Waals surface area contributed by atoms with Gasteiger partial charge in [-0.25, -0.2) is 0 Å². The fraction of sp³-hybridized carbons (Fsp3) is 0.333. The SMILES string of the molecule is CC(=O)CCc1ccc(C(N)=O)c(C)c1. The summed E-state index contributed by atoms with van der Waals surface area (Å²) in [6.07, 6.45) is 1.25. The molecule has 1 aromatic rings. The molecule has 80 valence electrons. The number of carbonyl (C=O) groups excluding carboxylic acids is 2. The minimum Gasteiger partial charge on any atom is -0.366 e. The van der Waals surface area contributed by atoms with Gasteiger partial charge in [0.05, 0.1) is 0 Å². The van der Waals surface area contributed by atoms with Crippen LogP contribution in [0.15, 0.2) is 18.2 Å². The van der Waals surface area contributed by atoms with Gasteiger partial charge in [-0.05, 0) is 37.5 Å². The van der Waals surface area contributed by atoms with E-state index in [0.717, 1.165) is 17.5 Å². The van der Waals surface area contributed by atoms with Crippen molar-refractivity contribution in [1.82, 2.24) is 0 Å². The summed E-state index contributed by atoms with van der Waals surface area (Å²) in [5.74, 6) is -0.239. The second-order valence-corrected chi connectivity index (χ2v) is 3.72. The third kappa shape index (κ3) is 3.20. The molecule has 0 spiro atoms. The van der Waals surface area contributed by atoms with Crippen LogP contribution in [0.4, 0.5) is 0 Å². The van der Waals surface area contributed by atoms with Crippen LogP contribution in [0.3, 0.4) is 0 Å². The van der Waals surface area contributed by atoms with Gasteiger partial charge in [0.25, 0.3) is 0 Å². The molecule has 1 aromatic carbocycles. The summed E-state index contributed by atoms with van der Waals surface area (Å²) in [5.41, 5.74) is 7.66. The van der Waals surface area contributed by atoms with E-state index < -0.39 is 5.91 Å². The number of hydrogen-bond donors (Lipinski definition) is 1. The Bertz CT molecular complexity index is 397. The maximum absolute atomic E-state index is 11.0. The van der Waals surface area contributed by atoms with Crippen molar-refractivity contribution in [2.24, 2.45) is 5.73 Å². The third-order valence-electron chi connectivity index (χ3n) is 2.32. The van der Waals surface area contributed by atoms with Crippen LogP contribution in [0.2, 0.25) is 0 Å². The Kier molecular flexibility index (Phi) is 3.61. The Morgan fingerprint density at radius 1 is 1.33 bits per heavy atom. The lowest BCUT2D eigenvalue weighted by atomic mass is 10.0. The lowest BCUT2D eigenvalue weighted by Gasteiger charge is -2.04. The second-order valence-electron chi connectivity index (χ2n) is 3.72. The minimum atomic E-state index is -0.411. The number of Topliss-reactive ketones (excluding diaryl/α,β-unsaturated/α-hetero) is 1. The first kappa shape index (κ1) is 11.4. The van der Waals surface area contributed by atoms with Gasteiger partial charge in [-0.2, -0.15) is 0 Å². The number of aryl methyl sites for hydroxylation is 2. The van der Waals surface area contributed by atoms with Gasteiger partial charge in [0.2, 0.25) is 5.91 Å². The van der Waals surface area contributed by atoms with Gasteiger partial charge in [-0.1, -0.05) is 12.1 Å². The fourth-order valence-electron chi connectivity index (χ4n) is 1.48. The summed E-state index contributed by atoms with van der Waals surface area (Å²) in [5, 5.41) is 0. The van der Waals surface area contributed by atoms with Crippen molar-refractivity contribution in [1.29, 1.82) is 0 Å². The molecule has 0 heterocycles. The number of primary amides is 1. The topological polar surface area (TPSA) is 60.2 Å². The van der Waals surface area contributed by atoms with E-state index in [1.165, 1.54) is 0 Å². The minimum absolute atomic E-state index is 0.173. The van der Waals surface area contributed by atoms with Gasteiger partial charge in [0.1, 0.15) is 5.78 Å². The van der Waals surface area contributed by atoms with Crippen molar-refractivity contribution < 1.29 is 9.59 Å². The molecule has 0 aliphatic heterocycles. The molecule has 0 unspecified atom stereocenters. The summed E-state index contributed by atoms with van der Waals surface area (Å²) in [7, 11) is 0. The Balaban J connectivity index is 2.82. The van der Waals surface area contributed by atoms with Crippen LogP contribution in [0.1, 0.15) is 34.8 Å². The zero-order chi connectivity index (χ0) is 11.4. The molecule has 1 rings (SSSR count). The van der Waals surface area contributed by atoms with Crippen LogP contribution in [-0.4, -0.2) is 11.7 Å². The Labute approximate surface area is 89.3 Å². The van der Waals surface area contributed by atoms with E-state index >= 15 is 0 Å². The summed E-state index contributed by atoms with van der Waals surface area (Å²) in [6, 6.07) is 5.46. The summed E-state index contributed by atoms with van der Waals surface area (Å²) in [6.45, 7) is 3.42. The molecule has 0 aromatic heterocycles. The smallest absolute Gasteiger partial charge is 0.248 e. The molecule has 0 saturated heterocycles. The number of amides is 1. The first-order valence-corrected chi connectivity index (χ1v) is 4.89. The monoisotopic (exact) mass is 205 g/mol. The fourth-order valence-corrected chi connectivity index (χ4v) is 1.48. The molecular weight excluding hydrogens is 190 g/mol. The molecule has 0 aliphatic carbocycles. The second kappa shape index (κ2) is 4.73. The van der Waals surface area contributed by atoms with Crippen molar-refractivity contribution in [3.05, 3.63) is 34.9 Å². The van der Waals surface area contributed by atoms with E-state index in [1.807, 2.05) is 19.1 Å². The highest BCUT2D eigenvalue weighted by atomic mass is 16.1. The Morgan fingerprint density at radius 2 is 2.00 bits per heavy atom. The first-order valence-electron chi connectivity index (χ1n) is 4.89. The number of nitrogens with two attached hydrogens (primary N) is 1. The predicted octanol–water partition coefficient (Wildman–Crippen LogP) is 1.62. The number of carbonyl (C=O) groups is 2. The Hall–Kier alpha value is -1.64. The van der Waals surface area contributed by atoms with Gasteiger partial charge < -0.3 is 10.5 Å². The van der Waals surface area contributed by atoms with Crippen molar-refractivity contribution in [2.75, 3.05) is 0 Å². The van der Waals surface area contributed by atoms with E-state index in [0.29, 0.717) is 12.0 Å². The van der Waals surface area contributed by atoms with E-state index in [4.69, 9.17) is 5.73 Å². The molecule has 1 amide bonds. The molecule has 2 N–H and O–H groups in total.